The average Bonchev–Trinajstić information content (AvgIpc) is 3.13. The summed E-state index contributed by atoms with van der Waals surface area (Å²) in [4.78, 5) is 18.5. The van der Waals surface area contributed by atoms with Crippen molar-refractivity contribution in [2.24, 2.45) is 0 Å². The van der Waals surface area contributed by atoms with Crippen molar-refractivity contribution in [3.63, 3.8) is 0 Å². The second-order valence-corrected chi connectivity index (χ2v) is 7.08. The van der Waals surface area contributed by atoms with E-state index < -0.39 is 0 Å². The predicted molar refractivity (Wildman–Crippen MR) is 110 cm³/mol. The highest BCUT2D eigenvalue weighted by Crippen LogP contribution is 2.25. The topological polar surface area (TPSA) is 57.4 Å². The summed E-state index contributed by atoms with van der Waals surface area (Å²) in [6.45, 7) is 7.38. The number of carbonyl (C=O) groups is 1. The number of nitrogens with one attached hydrogen (secondary N) is 2. The maximum atomic E-state index is 12.9. The lowest BCUT2D eigenvalue weighted by molar-refractivity contribution is 0.0977. The number of ketones is 1. The van der Waals surface area contributed by atoms with Crippen LogP contribution in [0.1, 0.15) is 22.8 Å². The van der Waals surface area contributed by atoms with Crippen LogP contribution >= 0.6 is 0 Å². The largest absolute Gasteiger partial charge is 0.378 e. The van der Waals surface area contributed by atoms with Crippen LogP contribution in [0.5, 0.6) is 0 Å². The monoisotopic (exact) mass is 363 g/mol. The van der Waals surface area contributed by atoms with Gasteiger partial charge in [0, 0.05) is 47.1 Å². The molecule has 1 saturated heterocycles. The van der Waals surface area contributed by atoms with Crippen LogP contribution in [0.2, 0.25) is 0 Å². The maximum Gasteiger partial charge on any atom is 0.186 e. The number of ether oxygens (including phenoxy) is 1. The van der Waals surface area contributed by atoms with E-state index in [9.17, 15) is 4.79 Å². The van der Waals surface area contributed by atoms with Crippen LogP contribution < -0.4 is 10.2 Å². The van der Waals surface area contributed by atoms with Crippen LogP contribution in [0, 0.1) is 6.92 Å². The summed E-state index contributed by atoms with van der Waals surface area (Å²) in [5.74, 6) is 0.0871. The van der Waals surface area contributed by atoms with Crippen molar-refractivity contribution in [3.8, 4) is 0 Å². The highest BCUT2D eigenvalue weighted by Gasteiger charge is 2.19. The molecule has 1 fully saturated rings. The first kappa shape index (κ1) is 17.6. The Morgan fingerprint density at radius 3 is 2.74 bits per heavy atom. The van der Waals surface area contributed by atoms with Crippen molar-refractivity contribution < 1.29 is 9.53 Å². The highest BCUT2D eigenvalue weighted by molar-refractivity contribution is 6.11. The Morgan fingerprint density at radius 2 is 1.96 bits per heavy atom. The number of aromatic nitrogens is 1. The van der Waals surface area contributed by atoms with Gasteiger partial charge in [0.25, 0.3) is 0 Å². The zero-order valence-corrected chi connectivity index (χ0v) is 15.8. The summed E-state index contributed by atoms with van der Waals surface area (Å²) < 4.78 is 5.43. The molecular formula is C22H25N3O2. The van der Waals surface area contributed by atoms with Crippen molar-refractivity contribution in [1.82, 2.24) is 4.98 Å². The molecule has 0 spiro atoms. The van der Waals surface area contributed by atoms with Gasteiger partial charge in [-0.25, -0.2) is 0 Å². The summed E-state index contributed by atoms with van der Waals surface area (Å²) in [6, 6.07) is 13.9. The van der Waals surface area contributed by atoms with Crippen LogP contribution in [-0.4, -0.2) is 43.1 Å². The highest BCUT2D eigenvalue weighted by atomic mass is 16.5. The van der Waals surface area contributed by atoms with E-state index in [2.05, 4.69) is 40.3 Å². The molecule has 2 N–H and O–H groups in total. The number of morpholine rings is 1. The van der Waals surface area contributed by atoms with E-state index in [0.717, 1.165) is 54.0 Å². The Labute approximate surface area is 159 Å². The molecule has 140 valence electrons. The minimum Gasteiger partial charge on any atom is -0.378 e. The second kappa shape index (κ2) is 7.45. The lowest BCUT2D eigenvalue weighted by Crippen LogP contribution is -2.36. The average molecular weight is 363 g/mol. The smallest absolute Gasteiger partial charge is 0.186 e. The summed E-state index contributed by atoms with van der Waals surface area (Å²) in [7, 11) is 0. The molecule has 0 saturated carbocycles. The summed E-state index contributed by atoms with van der Waals surface area (Å²) in [5, 5.41) is 4.35. The number of para-hydroxylation sites is 1. The van der Waals surface area contributed by atoms with Gasteiger partial charge in [0.2, 0.25) is 0 Å². The molecule has 3 aromatic rings. The third-order valence-corrected chi connectivity index (χ3v) is 5.21. The maximum absolute atomic E-state index is 12.9. The van der Waals surface area contributed by atoms with Crippen molar-refractivity contribution in [2.45, 2.75) is 19.9 Å². The SMILES string of the molecule is Cc1cc(N2CCOCC2)ccc1N[C@H](C)C(=O)c1c[nH]c2ccccc12. The van der Waals surface area contributed by atoms with Gasteiger partial charge in [0.1, 0.15) is 0 Å². The first-order valence-corrected chi connectivity index (χ1v) is 9.43. The van der Waals surface area contributed by atoms with E-state index in [1.807, 2.05) is 31.2 Å². The number of H-pyrrole nitrogens is 1. The van der Waals surface area contributed by atoms with Gasteiger partial charge in [-0.15, -0.1) is 0 Å². The lowest BCUT2D eigenvalue weighted by Gasteiger charge is -2.29. The molecule has 1 aliphatic heterocycles. The molecular weight excluding hydrogens is 338 g/mol. The Balaban J connectivity index is 1.50. The Bertz CT molecular complexity index is 957. The molecule has 2 aromatic carbocycles. The molecule has 1 aliphatic rings. The van der Waals surface area contributed by atoms with Gasteiger partial charge in [0.05, 0.1) is 19.3 Å². The van der Waals surface area contributed by atoms with Crippen LogP contribution in [0.25, 0.3) is 10.9 Å². The van der Waals surface area contributed by atoms with Crippen LogP contribution in [0.15, 0.2) is 48.7 Å². The van der Waals surface area contributed by atoms with Gasteiger partial charge in [-0.2, -0.15) is 0 Å². The number of aryl methyl sites for hydroxylation is 1. The first-order chi connectivity index (χ1) is 13.1. The Morgan fingerprint density at radius 1 is 1.19 bits per heavy atom. The molecule has 0 unspecified atom stereocenters. The van der Waals surface area contributed by atoms with E-state index in [4.69, 9.17) is 4.74 Å². The van der Waals surface area contributed by atoms with Crippen molar-refractivity contribution >= 4 is 28.1 Å². The predicted octanol–water partition coefficient (Wildman–Crippen LogP) is 4.00. The third-order valence-electron chi connectivity index (χ3n) is 5.21. The minimum atomic E-state index is -0.308. The summed E-state index contributed by atoms with van der Waals surface area (Å²) in [5.41, 5.74) is 5.05. The van der Waals surface area contributed by atoms with Crippen LogP contribution in [0.3, 0.4) is 0 Å². The summed E-state index contributed by atoms with van der Waals surface area (Å²) in [6.07, 6.45) is 1.81. The number of nitrogens with zero attached hydrogens (tertiary/aromatic N) is 1. The second-order valence-electron chi connectivity index (χ2n) is 7.08. The van der Waals surface area contributed by atoms with Crippen molar-refractivity contribution in [2.75, 3.05) is 36.5 Å². The zero-order valence-electron chi connectivity index (χ0n) is 15.8. The number of hydrogen-bond acceptors (Lipinski definition) is 4. The number of hydrogen-bond donors (Lipinski definition) is 2. The molecule has 4 rings (SSSR count). The van der Waals surface area contributed by atoms with E-state index in [1.54, 1.807) is 6.20 Å². The fourth-order valence-corrected chi connectivity index (χ4v) is 3.64. The number of rotatable bonds is 5. The van der Waals surface area contributed by atoms with Gasteiger partial charge in [-0.05, 0) is 43.7 Å². The van der Waals surface area contributed by atoms with E-state index in [-0.39, 0.29) is 11.8 Å². The number of Topliss-reactive ketones (excluding diaryl/α,β-unsaturated/α-hetero) is 1. The normalized spacial score (nSPS) is 15.7. The Kier molecular flexibility index (Phi) is 4.86. The third kappa shape index (κ3) is 3.55. The van der Waals surface area contributed by atoms with Gasteiger partial charge < -0.3 is 19.9 Å². The number of carbonyl (C=O) groups excluding carboxylic acids is 1. The first-order valence-electron chi connectivity index (χ1n) is 9.43. The zero-order chi connectivity index (χ0) is 18.8. The molecule has 5 heteroatoms. The standard InChI is InChI=1S/C22H25N3O2/c1-15-13-17(25-9-11-27-12-10-25)7-8-20(15)24-16(2)22(26)19-14-23-21-6-4-3-5-18(19)21/h3-8,13-14,16,23-24H,9-12H2,1-2H3/t16-/m1/s1. The van der Waals surface area contributed by atoms with Crippen LogP contribution in [-0.2, 0) is 4.74 Å². The Hall–Kier alpha value is -2.79. The molecule has 0 bridgehead atoms. The fourth-order valence-electron chi connectivity index (χ4n) is 3.64. The molecule has 27 heavy (non-hydrogen) atoms. The van der Waals surface area contributed by atoms with Crippen molar-refractivity contribution in [1.29, 1.82) is 0 Å². The minimum absolute atomic E-state index is 0.0871. The molecule has 2 heterocycles. The molecule has 0 radical (unpaired) electrons. The molecule has 1 atom stereocenters. The number of benzene rings is 2. The van der Waals surface area contributed by atoms with E-state index >= 15 is 0 Å². The molecule has 5 nitrogen and oxygen atoms in total. The molecule has 1 aromatic heterocycles. The number of fused-ring (bicyclic) bond motifs is 1. The van der Waals surface area contributed by atoms with Gasteiger partial charge >= 0.3 is 0 Å². The van der Waals surface area contributed by atoms with Gasteiger partial charge in [-0.3, -0.25) is 4.79 Å². The lowest BCUT2D eigenvalue weighted by atomic mass is 10.0. The van der Waals surface area contributed by atoms with Gasteiger partial charge in [0.15, 0.2) is 5.78 Å². The van der Waals surface area contributed by atoms with Crippen molar-refractivity contribution in [3.05, 3.63) is 59.8 Å². The number of anilines is 2. The van der Waals surface area contributed by atoms with E-state index in [1.165, 1.54) is 5.69 Å². The van der Waals surface area contributed by atoms with E-state index in [0.29, 0.717) is 0 Å². The molecule has 0 amide bonds. The number of aromatic amines is 1. The fraction of sp³-hybridized carbons (Fsp3) is 0.318. The summed E-state index contributed by atoms with van der Waals surface area (Å²) >= 11 is 0. The quantitative estimate of drug-likeness (QED) is 0.673. The van der Waals surface area contributed by atoms with Crippen LogP contribution in [0.4, 0.5) is 11.4 Å². The van der Waals surface area contributed by atoms with Gasteiger partial charge in [-0.1, -0.05) is 18.2 Å². The molecule has 0 aliphatic carbocycles.